The van der Waals surface area contributed by atoms with E-state index < -0.39 is 0 Å². The summed E-state index contributed by atoms with van der Waals surface area (Å²) in [6.45, 7) is 0. The van der Waals surface area contributed by atoms with Crippen LogP contribution in [0.4, 0.5) is 5.95 Å². The highest BCUT2D eigenvalue weighted by atomic mass is 35.5. The number of benzene rings is 1. The predicted octanol–water partition coefficient (Wildman–Crippen LogP) is 2.14. The van der Waals surface area contributed by atoms with Gasteiger partial charge < -0.3 is 5.73 Å². The lowest BCUT2D eigenvalue weighted by Crippen LogP contribution is -1.97. The van der Waals surface area contributed by atoms with Crippen LogP contribution in [0.3, 0.4) is 0 Å². The molecule has 0 aliphatic carbocycles. The lowest BCUT2D eigenvalue weighted by atomic mass is 10.2. The van der Waals surface area contributed by atoms with Gasteiger partial charge in [0, 0.05) is 12.6 Å². The first kappa shape index (κ1) is 11.8. The number of nitrogen functional groups attached to an aromatic ring is 1. The molecule has 4 nitrogen and oxygen atoms in total. The maximum absolute atomic E-state index is 5.99. The Labute approximate surface area is 98.5 Å². The molecule has 0 radical (unpaired) electrons. The molecule has 0 saturated carbocycles. The van der Waals surface area contributed by atoms with E-state index in [1.165, 1.54) is 4.68 Å². The van der Waals surface area contributed by atoms with Crippen LogP contribution in [0.1, 0.15) is 0 Å². The average molecular weight is 245 g/mol. The van der Waals surface area contributed by atoms with Crippen LogP contribution in [0.25, 0.3) is 11.4 Å². The van der Waals surface area contributed by atoms with Crippen LogP contribution in [0.5, 0.6) is 0 Å². The van der Waals surface area contributed by atoms with E-state index in [1.54, 1.807) is 13.1 Å². The molecule has 80 valence electrons. The molecule has 15 heavy (non-hydrogen) atoms. The highest BCUT2D eigenvalue weighted by Crippen LogP contribution is 2.24. The van der Waals surface area contributed by atoms with Crippen LogP contribution < -0.4 is 5.73 Å². The first-order chi connectivity index (χ1) is 6.68. The number of nitrogens with two attached hydrogens (primary N) is 1. The minimum absolute atomic E-state index is 0. The highest BCUT2D eigenvalue weighted by Gasteiger charge is 2.09. The maximum atomic E-state index is 5.99. The lowest BCUT2D eigenvalue weighted by molar-refractivity contribution is 0.781. The van der Waals surface area contributed by atoms with E-state index in [2.05, 4.69) is 10.1 Å². The van der Waals surface area contributed by atoms with Gasteiger partial charge in [0.2, 0.25) is 5.95 Å². The molecule has 0 aliphatic heterocycles. The van der Waals surface area contributed by atoms with Gasteiger partial charge in [-0.25, -0.2) is 4.68 Å². The van der Waals surface area contributed by atoms with Crippen molar-refractivity contribution in [3.05, 3.63) is 29.3 Å². The molecule has 1 heterocycles. The Morgan fingerprint density at radius 1 is 1.33 bits per heavy atom. The van der Waals surface area contributed by atoms with Crippen molar-refractivity contribution in [1.29, 1.82) is 0 Å². The van der Waals surface area contributed by atoms with E-state index >= 15 is 0 Å². The van der Waals surface area contributed by atoms with Crippen LogP contribution >= 0.6 is 24.0 Å². The van der Waals surface area contributed by atoms with Gasteiger partial charge in [0.25, 0.3) is 0 Å². The summed E-state index contributed by atoms with van der Waals surface area (Å²) < 4.78 is 1.51. The molecule has 2 N–H and O–H groups in total. The zero-order chi connectivity index (χ0) is 10.1. The van der Waals surface area contributed by atoms with Gasteiger partial charge in [-0.05, 0) is 12.1 Å². The lowest BCUT2D eigenvalue weighted by Gasteiger charge is -1.96. The Hall–Kier alpha value is -1.26. The smallest absolute Gasteiger partial charge is 0.218 e. The van der Waals surface area contributed by atoms with E-state index in [1.807, 2.05) is 18.2 Å². The number of aryl methyl sites for hydroxylation is 1. The highest BCUT2D eigenvalue weighted by molar-refractivity contribution is 6.33. The Bertz CT molecular complexity index is 447. The number of anilines is 1. The first-order valence-corrected chi connectivity index (χ1v) is 4.47. The van der Waals surface area contributed by atoms with Gasteiger partial charge in [-0.3, -0.25) is 0 Å². The van der Waals surface area contributed by atoms with Gasteiger partial charge in [0.1, 0.15) is 0 Å². The summed E-state index contributed by atoms with van der Waals surface area (Å²) in [6.07, 6.45) is 0. The SMILES string of the molecule is Cl.Cn1nc(-c2ccccc2Cl)nc1N. The summed E-state index contributed by atoms with van der Waals surface area (Å²) in [5, 5.41) is 4.76. The van der Waals surface area contributed by atoms with Crippen LogP contribution in [-0.4, -0.2) is 14.8 Å². The minimum atomic E-state index is 0. The number of nitrogens with zero attached hydrogens (tertiary/aromatic N) is 3. The number of rotatable bonds is 1. The molecule has 0 spiro atoms. The van der Waals surface area contributed by atoms with Crippen molar-refractivity contribution in [3.8, 4) is 11.4 Å². The van der Waals surface area contributed by atoms with Gasteiger partial charge in [-0.2, -0.15) is 4.98 Å². The number of hydrogen-bond acceptors (Lipinski definition) is 3. The molecular formula is C9H10Cl2N4. The van der Waals surface area contributed by atoms with Gasteiger partial charge in [0.15, 0.2) is 5.82 Å². The topological polar surface area (TPSA) is 56.7 Å². The predicted molar refractivity (Wildman–Crippen MR) is 63.1 cm³/mol. The number of halogens is 2. The normalized spacial score (nSPS) is 9.73. The van der Waals surface area contributed by atoms with Crippen molar-refractivity contribution in [2.45, 2.75) is 0 Å². The molecule has 0 fully saturated rings. The maximum Gasteiger partial charge on any atom is 0.218 e. The number of hydrogen-bond donors (Lipinski definition) is 1. The second kappa shape index (κ2) is 4.51. The van der Waals surface area contributed by atoms with Crippen LogP contribution in [0.15, 0.2) is 24.3 Å². The van der Waals surface area contributed by atoms with Crippen LogP contribution in [0.2, 0.25) is 5.02 Å². The van der Waals surface area contributed by atoms with E-state index in [-0.39, 0.29) is 12.4 Å². The quantitative estimate of drug-likeness (QED) is 0.837. The third-order valence-corrected chi connectivity index (χ3v) is 2.24. The zero-order valence-corrected chi connectivity index (χ0v) is 9.59. The van der Waals surface area contributed by atoms with Crippen molar-refractivity contribution in [1.82, 2.24) is 14.8 Å². The van der Waals surface area contributed by atoms with Crippen molar-refractivity contribution in [3.63, 3.8) is 0 Å². The fourth-order valence-electron chi connectivity index (χ4n) is 1.15. The fraction of sp³-hybridized carbons (Fsp3) is 0.111. The zero-order valence-electron chi connectivity index (χ0n) is 8.01. The van der Waals surface area contributed by atoms with E-state index in [4.69, 9.17) is 17.3 Å². The number of aromatic nitrogens is 3. The Morgan fingerprint density at radius 2 is 2.00 bits per heavy atom. The van der Waals surface area contributed by atoms with Crippen molar-refractivity contribution in [2.75, 3.05) is 5.73 Å². The molecule has 2 rings (SSSR count). The second-order valence-corrected chi connectivity index (χ2v) is 3.30. The molecule has 0 unspecified atom stereocenters. The van der Waals surface area contributed by atoms with Crippen molar-refractivity contribution >= 4 is 30.0 Å². The van der Waals surface area contributed by atoms with Gasteiger partial charge in [-0.15, -0.1) is 17.5 Å². The van der Waals surface area contributed by atoms with Gasteiger partial charge in [0.05, 0.1) is 5.02 Å². The summed E-state index contributed by atoms with van der Waals surface area (Å²) in [4.78, 5) is 4.09. The van der Waals surface area contributed by atoms with Crippen molar-refractivity contribution in [2.24, 2.45) is 7.05 Å². The molecule has 0 bridgehead atoms. The first-order valence-electron chi connectivity index (χ1n) is 4.10. The van der Waals surface area contributed by atoms with Gasteiger partial charge >= 0.3 is 0 Å². The summed E-state index contributed by atoms with van der Waals surface area (Å²) in [6, 6.07) is 7.40. The largest absolute Gasteiger partial charge is 0.368 e. The average Bonchev–Trinajstić information content (AvgIpc) is 2.48. The molecule has 6 heteroatoms. The third-order valence-electron chi connectivity index (χ3n) is 1.91. The second-order valence-electron chi connectivity index (χ2n) is 2.90. The molecule has 0 amide bonds. The van der Waals surface area contributed by atoms with E-state index in [9.17, 15) is 0 Å². The van der Waals surface area contributed by atoms with Crippen LogP contribution in [0, 0.1) is 0 Å². The molecule has 1 aromatic carbocycles. The molecule has 1 aromatic heterocycles. The molecule has 0 atom stereocenters. The molecule has 0 aliphatic rings. The standard InChI is InChI=1S/C9H9ClN4.ClH/c1-14-9(11)12-8(13-14)6-4-2-3-5-7(6)10;/h2-5H,1H3,(H2,11,12,13);1H. The fourth-order valence-corrected chi connectivity index (χ4v) is 1.37. The van der Waals surface area contributed by atoms with Gasteiger partial charge in [-0.1, -0.05) is 23.7 Å². The summed E-state index contributed by atoms with van der Waals surface area (Å²) in [5.41, 5.74) is 6.37. The summed E-state index contributed by atoms with van der Waals surface area (Å²) in [5.74, 6) is 0.926. The molecule has 2 aromatic rings. The van der Waals surface area contributed by atoms with E-state index in [0.717, 1.165) is 5.56 Å². The third kappa shape index (κ3) is 2.22. The summed E-state index contributed by atoms with van der Waals surface area (Å²) >= 11 is 5.99. The monoisotopic (exact) mass is 244 g/mol. The molecule has 0 saturated heterocycles. The van der Waals surface area contributed by atoms with Crippen LogP contribution in [-0.2, 0) is 7.05 Å². The van der Waals surface area contributed by atoms with E-state index in [0.29, 0.717) is 16.8 Å². The Morgan fingerprint density at radius 3 is 2.53 bits per heavy atom. The Balaban J connectivity index is 0.00000112. The van der Waals surface area contributed by atoms with Crippen molar-refractivity contribution < 1.29 is 0 Å². The molecular weight excluding hydrogens is 235 g/mol. The Kier molecular flexibility index (Phi) is 3.55. The minimum Gasteiger partial charge on any atom is -0.368 e. The summed E-state index contributed by atoms with van der Waals surface area (Å²) in [7, 11) is 1.74.